The summed E-state index contributed by atoms with van der Waals surface area (Å²) < 4.78 is 0.719. The Kier molecular flexibility index (Phi) is 4.22. The lowest BCUT2D eigenvalue weighted by atomic mass is 10.3. The minimum atomic E-state index is -0.221. The van der Waals surface area contributed by atoms with Gasteiger partial charge in [0.25, 0.3) is 0 Å². The molecule has 0 aliphatic rings. The van der Waals surface area contributed by atoms with Crippen molar-refractivity contribution in [2.45, 2.75) is 19.5 Å². The van der Waals surface area contributed by atoms with Crippen LogP contribution in [0.1, 0.15) is 23.5 Å². The maximum absolute atomic E-state index is 11.6. The van der Waals surface area contributed by atoms with Gasteiger partial charge in [-0.1, -0.05) is 11.6 Å². The molecule has 2 rings (SSSR count). The zero-order valence-corrected chi connectivity index (χ0v) is 11.3. The molecule has 0 bridgehead atoms. The van der Waals surface area contributed by atoms with Crippen LogP contribution in [0.3, 0.4) is 0 Å². The number of aromatic nitrogens is 2. The highest BCUT2D eigenvalue weighted by Gasteiger charge is 2.11. The average molecular weight is 285 g/mol. The number of urea groups is 1. The van der Waals surface area contributed by atoms with Gasteiger partial charge in [0, 0.05) is 11.1 Å². The van der Waals surface area contributed by atoms with Crippen molar-refractivity contribution in [1.29, 1.82) is 0 Å². The molecule has 0 aromatic carbocycles. The van der Waals surface area contributed by atoms with Crippen molar-refractivity contribution >= 4 is 29.0 Å². The second-order valence-electron chi connectivity index (χ2n) is 3.77. The molecule has 2 aromatic heterocycles. The third-order valence-electron chi connectivity index (χ3n) is 2.37. The van der Waals surface area contributed by atoms with Crippen molar-refractivity contribution in [2.75, 3.05) is 0 Å². The molecule has 18 heavy (non-hydrogen) atoms. The van der Waals surface area contributed by atoms with E-state index in [-0.39, 0.29) is 12.1 Å². The molecule has 96 valence electrons. The van der Waals surface area contributed by atoms with Gasteiger partial charge in [-0.2, -0.15) is 5.10 Å². The van der Waals surface area contributed by atoms with Crippen molar-refractivity contribution in [3.8, 4) is 0 Å². The molecule has 0 aliphatic carbocycles. The van der Waals surface area contributed by atoms with E-state index in [1.54, 1.807) is 6.20 Å². The van der Waals surface area contributed by atoms with Gasteiger partial charge in [-0.15, -0.1) is 11.3 Å². The third-order valence-corrected chi connectivity index (χ3v) is 3.78. The molecular formula is C11H13ClN4OS. The molecule has 0 aliphatic heterocycles. The van der Waals surface area contributed by atoms with Gasteiger partial charge < -0.3 is 10.6 Å². The van der Waals surface area contributed by atoms with Crippen LogP contribution in [0, 0.1) is 0 Å². The lowest BCUT2D eigenvalue weighted by molar-refractivity contribution is 0.237. The monoisotopic (exact) mass is 284 g/mol. The molecule has 0 saturated heterocycles. The fourth-order valence-electron chi connectivity index (χ4n) is 1.44. The number of nitrogens with zero attached hydrogens (tertiary/aromatic N) is 1. The Morgan fingerprint density at radius 3 is 3.00 bits per heavy atom. The van der Waals surface area contributed by atoms with Gasteiger partial charge in [0.15, 0.2) is 0 Å². The number of hydrogen-bond acceptors (Lipinski definition) is 3. The first-order valence-corrected chi connectivity index (χ1v) is 6.62. The highest BCUT2D eigenvalue weighted by molar-refractivity contribution is 7.16. The van der Waals surface area contributed by atoms with Gasteiger partial charge in [-0.05, 0) is 25.1 Å². The molecule has 2 heterocycles. The van der Waals surface area contributed by atoms with E-state index in [1.807, 2.05) is 25.1 Å². The summed E-state index contributed by atoms with van der Waals surface area (Å²) in [5.74, 6) is 0. The van der Waals surface area contributed by atoms with Crippen LogP contribution >= 0.6 is 22.9 Å². The number of thiophene rings is 1. The number of carbonyl (C=O) groups is 1. The van der Waals surface area contributed by atoms with Gasteiger partial charge in [0.1, 0.15) is 0 Å². The molecule has 2 amide bonds. The summed E-state index contributed by atoms with van der Waals surface area (Å²) in [5, 5.41) is 12.2. The number of aromatic amines is 1. The lowest BCUT2D eigenvalue weighted by Crippen LogP contribution is -2.36. The van der Waals surface area contributed by atoms with E-state index in [0.29, 0.717) is 6.54 Å². The van der Waals surface area contributed by atoms with E-state index in [9.17, 15) is 4.79 Å². The number of nitrogens with one attached hydrogen (secondary N) is 3. The van der Waals surface area contributed by atoms with Crippen LogP contribution in [-0.4, -0.2) is 16.2 Å². The summed E-state index contributed by atoms with van der Waals surface area (Å²) in [4.78, 5) is 12.7. The number of halogens is 1. The molecule has 1 unspecified atom stereocenters. The summed E-state index contributed by atoms with van der Waals surface area (Å²) in [6, 6.07) is 5.25. The summed E-state index contributed by atoms with van der Waals surface area (Å²) in [7, 11) is 0. The number of rotatable bonds is 4. The highest BCUT2D eigenvalue weighted by atomic mass is 35.5. The molecular weight excluding hydrogens is 272 g/mol. The maximum Gasteiger partial charge on any atom is 0.315 e. The number of H-pyrrole nitrogens is 1. The predicted molar refractivity (Wildman–Crippen MR) is 71.7 cm³/mol. The van der Waals surface area contributed by atoms with Crippen LogP contribution in [0.25, 0.3) is 0 Å². The lowest BCUT2D eigenvalue weighted by Gasteiger charge is -2.12. The molecule has 0 saturated carbocycles. The smallest absolute Gasteiger partial charge is 0.315 e. The number of hydrogen-bond donors (Lipinski definition) is 3. The molecule has 0 spiro atoms. The number of carbonyl (C=O) groups excluding carboxylic acids is 1. The van der Waals surface area contributed by atoms with E-state index in [1.165, 1.54) is 11.3 Å². The van der Waals surface area contributed by atoms with Gasteiger partial charge in [-0.25, -0.2) is 4.79 Å². The molecule has 7 heteroatoms. The van der Waals surface area contributed by atoms with Crippen LogP contribution in [0.5, 0.6) is 0 Å². The summed E-state index contributed by atoms with van der Waals surface area (Å²) in [6.07, 6.45) is 1.64. The van der Waals surface area contributed by atoms with E-state index >= 15 is 0 Å². The topological polar surface area (TPSA) is 69.8 Å². The fraction of sp³-hybridized carbons (Fsp3) is 0.273. The Morgan fingerprint density at radius 2 is 2.39 bits per heavy atom. The molecule has 2 aromatic rings. The van der Waals surface area contributed by atoms with Crippen molar-refractivity contribution in [3.05, 3.63) is 39.3 Å². The van der Waals surface area contributed by atoms with Crippen molar-refractivity contribution in [3.63, 3.8) is 0 Å². The van der Waals surface area contributed by atoms with Gasteiger partial charge in [0.05, 0.1) is 22.6 Å². The van der Waals surface area contributed by atoms with E-state index < -0.39 is 0 Å². The first kappa shape index (κ1) is 12.9. The second-order valence-corrected chi connectivity index (χ2v) is 5.52. The molecule has 3 N–H and O–H groups in total. The minimum absolute atomic E-state index is 0.0655. The standard InChI is InChI=1S/C11H13ClN4OS/c1-7(9-2-3-10(12)18-9)15-11(17)13-6-8-4-5-14-16-8/h2-5,7H,6H2,1H3,(H,14,16)(H2,13,15,17). The molecule has 5 nitrogen and oxygen atoms in total. The Labute approximate surface area is 114 Å². The van der Waals surface area contributed by atoms with Crippen molar-refractivity contribution in [1.82, 2.24) is 20.8 Å². The summed E-state index contributed by atoms with van der Waals surface area (Å²) >= 11 is 7.31. The summed E-state index contributed by atoms with van der Waals surface area (Å²) in [5.41, 5.74) is 0.858. The van der Waals surface area contributed by atoms with Crippen molar-refractivity contribution < 1.29 is 4.79 Å². The molecule has 0 radical (unpaired) electrons. The van der Waals surface area contributed by atoms with Crippen LogP contribution in [-0.2, 0) is 6.54 Å². The van der Waals surface area contributed by atoms with E-state index in [0.717, 1.165) is 14.9 Å². The highest BCUT2D eigenvalue weighted by Crippen LogP contribution is 2.26. The van der Waals surface area contributed by atoms with Gasteiger partial charge >= 0.3 is 6.03 Å². The largest absolute Gasteiger partial charge is 0.333 e. The average Bonchev–Trinajstić information content (AvgIpc) is 2.97. The predicted octanol–water partition coefficient (Wildman–Crippen LogP) is 2.69. The van der Waals surface area contributed by atoms with Crippen LogP contribution < -0.4 is 10.6 Å². The van der Waals surface area contributed by atoms with E-state index in [4.69, 9.17) is 11.6 Å². The van der Waals surface area contributed by atoms with Crippen LogP contribution in [0.15, 0.2) is 24.4 Å². The Balaban J connectivity index is 1.80. The first-order chi connectivity index (χ1) is 8.65. The Bertz CT molecular complexity index is 511. The first-order valence-electron chi connectivity index (χ1n) is 5.43. The maximum atomic E-state index is 11.6. The van der Waals surface area contributed by atoms with Gasteiger partial charge in [0.2, 0.25) is 0 Å². The molecule has 1 atom stereocenters. The second kappa shape index (κ2) is 5.88. The van der Waals surface area contributed by atoms with E-state index in [2.05, 4.69) is 20.8 Å². The molecule has 0 fully saturated rings. The fourth-order valence-corrected chi connectivity index (χ4v) is 2.50. The number of amides is 2. The normalized spacial score (nSPS) is 12.1. The van der Waals surface area contributed by atoms with Crippen LogP contribution in [0.4, 0.5) is 4.79 Å². The zero-order valence-electron chi connectivity index (χ0n) is 9.74. The minimum Gasteiger partial charge on any atom is -0.333 e. The third kappa shape index (κ3) is 3.48. The Hall–Kier alpha value is -1.53. The van der Waals surface area contributed by atoms with Gasteiger partial charge in [-0.3, -0.25) is 5.10 Å². The SMILES string of the molecule is CC(NC(=O)NCc1ccn[nH]1)c1ccc(Cl)s1. The Morgan fingerprint density at radius 1 is 1.56 bits per heavy atom. The quantitative estimate of drug-likeness (QED) is 0.808. The zero-order chi connectivity index (χ0) is 13.0. The van der Waals surface area contributed by atoms with Crippen LogP contribution in [0.2, 0.25) is 4.34 Å². The van der Waals surface area contributed by atoms with Crippen molar-refractivity contribution in [2.24, 2.45) is 0 Å². The summed E-state index contributed by atoms with van der Waals surface area (Å²) in [6.45, 7) is 2.34.